The second-order valence-corrected chi connectivity index (χ2v) is 11.9. The average molecular weight is 535 g/mol. The monoisotopic (exact) mass is 534 g/mol. The first kappa shape index (κ1) is 28.0. The summed E-state index contributed by atoms with van der Waals surface area (Å²) in [5, 5.41) is 22.5. The summed E-state index contributed by atoms with van der Waals surface area (Å²) in [6.45, 7) is 9.94. The van der Waals surface area contributed by atoms with E-state index in [0.29, 0.717) is 43.6 Å². The normalized spacial score (nSPS) is 14.6. The van der Waals surface area contributed by atoms with Crippen LogP contribution in [0.1, 0.15) is 62.2 Å². The number of aliphatic hydroxyl groups is 1. The van der Waals surface area contributed by atoms with E-state index in [2.05, 4.69) is 67.5 Å². The fourth-order valence-corrected chi connectivity index (χ4v) is 5.31. The van der Waals surface area contributed by atoms with Gasteiger partial charge in [0.25, 0.3) is 0 Å². The van der Waals surface area contributed by atoms with E-state index in [1.54, 1.807) is 6.20 Å². The second-order valence-electron chi connectivity index (χ2n) is 10.9. The van der Waals surface area contributed by atoms with Crippen LogP contribution >= 0.6 is 11.3 Å². The van der Waals surface area contributed by atoms with Gasteiger partial charge in [0.2, 0.25) is 0 Å². The van der Waals surface area contributed by atoms with Gasteiger partial charge in [-0.2, -0.15) is 0 Å². The molecule has 3 aromatic rings. The smallest absolute Gasteiger partial charge is 0.323 e. The van der Waals surface area contributed by atoms with E-state index >= 15 is 0 Å². The minimum atomic E-state index is -0.936. The third-order valence-corrected chi connectivity index (χ3v) is 8.09. The number of aryl methyl sites for hydroxylation is 1. The fourth-order valence-electron chi connectivity index (χ4n) is 4.32. The molecule has 0 aliphatic carbocycles. The van der Waals surface area contributed by atoms with Crippen LogP contribution in [-0.2, 0) is 28.7 Å². The van der Waals surface area contributed by atoms with Crippen molar-refractivity contribution in [3.8, 4) is 10.4 Å². The number of amides is 2. The Hall–Kier alpha value is -3.07. The molecule has 0 saturated carbocycles. The topological polar surface area (TPSA) is 98.5 Å². The minimum Gasteiger partial charge on any atom is -0.378 e. The number of aromatic nitrogens is 1. The molecule has 38 heavy (non-hydrogen) atoms. The van der Waals surface area contributed by atoms with Crippen LogP contribution in [0.5, 0.6) is 0 Å². The van der Waals surface area contributed by atoms with Crippen LogP contribution in [0.25, 0.3) is 10.4 Å². The number of thiazole rings is 1. The van der Waals surface area contributed by atoms with Gasteiger partial charge in [-0.1, -0.05) is 69.3 Å². The summed E-state index contributed by atoms with van der Waals surface area (Å²) >= 11 is 1.50. The third kappa shape index (κ3) is 6.67. The van der Waals surface area contributed by atoms with E-state index in [1.165, 1.54) is 27.4 Å². The quantitative estimate of drug-likeness (QED) is 0.237. The molecule has 4 rings (SSSR count). The summed E-state index contributed by atoms with van der Waals surface area (Å²) in [7, 11) is 0. The van der Waals surface area contributed by atoms with Gasteiger partial charge in [0, 0.05) is 25.7 Å². The van der Waals surface area contributed by atoms with Crippen molar-refractivity contribution >= 4 is 23.2 Å². The Balaban J connectivity index is 1.23. The largest absolute Gasteiger partial charge is 0.378 e. The molecule has 8 heteroatoms. The van der Waals surface area contributed by atoms with Crippen LogP contribution in [0.2, 0.25) is 0 Å². The van der Waals surface area contributed by atoms with Crippen molar-refractivity contribution in [1.29, 1.82) is 5.41 Å². The second kappa shape index (κ2) is 11.8. The van der Waals surface area contributed by atoms with E-state index in [1.807, 2.05) is 19.1 Å². The Labute approximate surface area is 229 Å². The van der Waals surface area contributed by atoms with Crippen molar-refractivity contribution < 1.29 is 14.6 Å². The van der Waals surface area contributed by atoms with Gasteiger partial charge in [-0.25, -0.2) is 9.78 Å². The molecule has 3 N–H and O–H groups in total. The Morgan fingerprint density at radius 1 is 1.13 bits per heavy atom. The predicted octanol–water partition coefficient (Wildman–Crippen LogP) is 5.86. The summed E-state index contributed by atoms with van der Waals surface area (Å²) in [5.74, 6) is 0.333. The molecule has 0 bridgehead atoms. The summed E-state index contributed by atoms with van der Waals surface area (Å²) < 4.78 is 5.13. The molecule has 1 aromatic heterocycles. The zero-order valence-corrected chi connectivity index (χ0v) is 23.5. The molecular weight excluding hydrogens is 496 g/mol. The van der Waals surface area contributed by atoms with Gasteiger partial charge in [0.05, 0.1) is 18.1 Å². The lowest BCUT2D eigenvalue weighted by Crippen LogP contribution is -2.46. The molecule has 0 radical (unpaired) electrons. The zero-order chi connectivity index (χ0) is 27.3. The standard InChI is InChI=1S/C30H38N4O3S/c1-5-34(28(35)33-17-22-11-15-24(16-12-22)29(2,3)4)26(31)8-6-7-21-9-13-23(14-10-21)25-18-32-27(38-25)30(36)19-37-20-30/h9-16,18,31,36H,5-8,17,19-20H2,1-4H3,(H,33,35). The summed E-state index contributed by atoms with van der Waals surface area (Å²) in [4.78, 5) is 19.7. The molecule has 1 saturated heterocycles. The van der Waals surface area contributed by atoms with Crippen molar-refractivity contribution in [2.75, 3.05) is 19.8 Å². The first-order valence-electron chi connectivity index (χ1n) is 13.2. The number of carbonyl (C=O) groups excluding carboxylic acids is 1. The molecule has 1 aliphatic heterocycles. The lowest BCUT2D eigenvalue weighted by molar-refractivity contribution is -0.184. The predicted molar refractivity (Wildman–Crippen MR) is 153 cm³/mol. The maximum Gasteiger partial charge on any atom is 0.323 e. The van der Waals surface area contributed by atoms with E-state index in [4.69, 9.17) is 10.1 Å². The summed E-state index contributed by atoms with van der Waals surface area (Å²) in [5.41, 5.74) is 3.71. The lowest BCUT2D eigenvalue weighted by Gasteiger charge is -2.34. The van der Waals surface area contributed by atoms with E-state index in [9.17, 15) is 9.90 Å². The van der Waals surface area contributed by atoms with E-state index in [-0.39, 0.29) is 11.4 Å². The third-order valence-electron chi connectivity index (χ3n) is 6.85. The van der Waals surface area contributed by atoms with Gasteiger partial charge in [0.15, 0.2) is 5.60 Å². The van der Waals surface area contributed by atoms with Gasteiger partial charge in [0.1, 0.15) is 10.8 Å². The number of nitrogens with one attached hydrogen (secondary N) is 2. The van der Waals surface area contributed by atoms with Crippen molar-refractivity contribution in [1.82, 2.24) is 15.2 Å². The number of urea groups is 1. The number of benzene rings is 2. The first-order valence-corrected chi connectivity index (χ1v) is 14.0. The summed E-state index contributed by atoms with van der Waals surface area (Å²) in [6, 6.07) is 16.4. The number of hydrogen-bond acceptors (Lipinski definition) is 6. The molecule has 1 aliphatic rings. The van der Waals surface area contributed by atoms with Gasteiger partial charge in [-0.05, 0) is 47.4 Å². The van der Waals surface area contributed by atoms with E-state index < -0.39 is 5.60 Å². The number of nitrogens with zero attached hydrogens (tertiary/aromatic N) is 2. The molecule has 7 nitrogen and oxygen atoms in total. The summed E-state index contributed by atoms with van der Waals surface area (Å²) in [6.07, 6.45) is 3.95. The molecule has 0 spiro atoms. The highest BCUT2D eigenvalue weighted by atomic mass is 32.1. The number of rotatable bonds is 9. The minimum absolute atomic E-state index is 0.0963. The Morgan fingerprint density at radius 2 is 1.79 bits per heavy atom. The first-order chi connectivity index (χ1) is 18.1. The van der Waals surface area contributed by atoms with Gasteiger partial charge in [-0.3, -0.25) is 10.3 Å². The van der Waals surface area contributed by atoms with Crippen molar-refractivity contribution in [3.05, 3.63) is 76.4 Å². The Kier molecular flexibility index (Phi) is 8.65. The molecule has 2 amide bonds. The molecule has 0 atom stereocenters. The fraction of sp³-hybridized carbons (Fsp3) is 0.433. The van der Waals surface area contributed by atoms with Gasteiger partial charge >= 0.3 is 6.03 Å². The zero-order valence-electron chi connectivity index (χ0n) is 22.7. The van der Waals surface area contributed by atoms with Gasteiger partial charge < -0.3 is 15.2 Å². The number of hydrogen-bond donors (Lipinski definition) is 3. The molecule has 0 unspecified atom stereocenters. The highest BCUT2D eigenvalue weighted by Crippen LogP contribution is 2.36. The molecular formula is C30H38N4O3S. The number of ether oxygens (including phenoxy) is 1. The van der Waals surface area contributed by atoms with Crippen LogP contribution in [0.3, 0.4) is 0 Å². The maximum absolute atomic E-state index is 12.8. The lowest BCUT2D eigenvalue weighted by atomic mass is 9.87. The van der Waals surface area contributed by atoms with Crippen molar-refractivity contribution in [3.63, 3.8) is 0 Å². The van der Waals surface area contributed by atoms with Crippen LogP contribution in [-0.4, -0.2) is 46.6 Å². The molecule has 1 fully saturated rings. The van der Waals surface area contributed by atoms with Crippen LogP contribution in [0, 0.1) is 5.41 Å². The van der Waals surface area contributed by atoms with E-state index in [0.717, 1.165) is 28.8 Å². The van der Waals surface area contributed by atoms with Crippen LogP contribution < -0.4 is 5.32 Å². The molecule has 2 heterocycles. The van der Waals surface area contributed by atoms with Gasteiger partial charge in [-0.15, -0.1) is 11.3 Å². The van der Waals surface area contributed by atoms with Crippen LogP contribution in [0.4, 0.5) is 4.79 Å². The van der Waals surface area contributed by atoms with Crippen LogP contribution in [0.15, 0.2) is 54.7 Å². The highest BCUT2D eigenvalue weighted by molar-refractivity contribution is 7.15. The number of amidine groups is 1. The van der Waals surface area contributed by atoms with Crippen molar-refractivity contribution in [2.45, 2.75) is 64.5 Å². The highest BCUT2D eigenvalue weighted by Gasteiger charge is 2.40. The Bertz CT molecular complexity index is 1240. The number of carbonyl (C=O) groups is 1. The Morgan fingerprint density at radius 3 is 2.37 bits per heavy atom. The SMILES string of the molecule is CCN(C(=N)CCCc1ccc(-c2cnc(C3(O)COC3)s2)cc1)C(=O)NCc1ccc(C(C)(C)C)cc1. The molecule has 202 valence electrons. The van der Waals surface area contributed by atoms with Crippen molar-refractivity contribution in [2.24, 2.45) is 0 Å². The maximum atomic E-state index is 12.8. The average Bonchev–Trinajstić information content (AvgIpc) is 3.37. The molecule has 2 aromatic carbocycles.